The highest BCUT2D eigenvalue weighted by molar-refractivity contribution is 7.80. The third-order valence-electron chi connectivity index (χ3n) is 5.51. The molecule has 2 heterocycles. The van der Waals surface area contributed by atoms with Gasteiger partial charge in [-0.15, -0.1) is 0 Å². The summed E-state index contributed by atoms with van der Waals surface area (Å²) in [5.41, 5.74) is 4.21. The molecule has 0 radical (unpaired) electrons. The molecule has 0 spiro atoms. The molecule has 1 saturated heterocycles. The highest BCUT2D eigenvalue weighted by Crippen LogP contribution is 2.23. The molecule has 11 heteroatoms. The second kappa shape index (κ2) is 11.5. The van der Waals surface area contributed by atoms with E-state index in [4.69, 9.17) is 21.4 Å². The van der Waals surface area contributed by atoms with Crippen molar-refractivity contribution in [3.8, 4) is 0 Å². The molecule has 0 bridgehead atoms. The van der Waals surface area contributed by atoms with Gasteiger partial charge in [0.2, 0.25) is 5.91 Å². The summed E-state index contributed by atoms with van der Waals surface area (Å²) in [7, 11) is 0. The molecule has 3 aromatic rings. The van der Waals surface area contributed by atoms with Crippen molar-refractivity contribution in [2.45, 2.75) is 25.9 Å². The van der Waals surface area contributed by atoms with Gasteiger partial charge in [-0.25, -0.2) is 9.80 Å². The van der Waals surface area contributed by atoms with Crippen molar-refractivity contribution in [3.63, 3.8) is 0 Å². The lowest BCUT2D eigenvalue weighted by molar-refractivity contribution is -0.131. The number of thiocarbonyl (C=S) groups is 1. The summed E-state index contributed by atoms with van der Waals surface area (Å²) < 4.78 is 10.1. The van der Waals surface area contributed by atoms with E-state index in [2.05, 4.69) is 10.7 Å². The van der Waals surface area contributed by atoms with Crippen molar-refractivity contribution in [2.75, 3.05) is 11.9 Å². The smallest absolute Gasteiger partial charge is 0.338 e. The zero-order chi connectivity index (χ0) is 26.4. The molecule has 0 saturated carbocycles. The normalized spacial score (nSPS) is 15.0. The SMILES string of the molecule is CCOC(=O)c1ccc(NC(=O)CC2C(=O)N(Cc3ccccc3)C(=S)N2NC(=O)c2ccco2)cc1. The highest BCUT2D eigenvalue weighted by Gasteiger charge is 2.44. The molecule has 1 aliphatic rings. The van der Waals surface area contributed by atoms with Gasteiger partial charge in [-0.3, -0.25) is 24.7 Å². The molecular weight excluding hydrogens is 496 g/mol. The molecule has 2 N–H and O–H groups in total. The number of hydrogen-bond donors (Lipinski definition) is 2. The Balaban J connectivity index is 1.49. The van der Waals surface area contributed by atoms with E-state index in [1.807, 2.05) is 30.3 Å². The third kappa shape index (κ3) is 6.01. The van der Waals surface area contributed by atoms with E-state index < -0.39 is 29.7 Å². The molecular formula is C26H24N4O6S. The molecule has 2 aromatic carbocycles. The Morgan fingerprint density at radius 3 is 2.41 bits per heavy atom. The van der Waals surface area contributed by atoms with Gasteiger partial charge < -0.3 is 14.5 Å². The summed E-state index contributed by atoms with van der Waals surface area (Å²) in [5.74, 6) is -1.96. The Kier molecular flexibility index (Phi) is 7.94. The lowest BCUT2D eigenvalue weighted by Crippen LogP contribution is -2.49. The number of benzene rings is 2. The Hall–Kier alpha value is -4.51. The Morgan fingerprint density at radius 1 is 1.03 bits per heavy atom. The summed E-state index contributed by atoms with van der Waals surface area (Å²) in [6.07, 6.45) is 1.06. The average Bonchev–Trinajstić information content (AvgIpc) is 3.51. The number of nitrogens with one attached hydrogen (secondary N) is 2. The number of esters is 1. The number of ether oxygens (including phenoxy) is 1. The van der Waals surface area contributed by atoms with Crippen LogP contribution in [0.25, 0.3) is 0 Å². The molecule has 190 valence electrons. The maximum Gasteiger partial charge on any atom is 0.338 e. The van der Waals surface area contributed by atoms with Crippen LogP contribution in [-0.4, -0.2) is 51.4 Å². The van der Waals surface area contributed by atoms with E-state index in [0.717, 1.165) is 5.56 Å². The first-order valence-electron chi connectivity index (χ1n) is 11.5. The van der Waals surface area contributed by atoms with E-state index in [1.54, 1.807) is 25.1 Å². The largest absolute Gasteiger partial charge is 0.462 e. The molecule has 4 rings (SSSR count). The van der Waals surface area contributed by atoms with Crippen LogP contribution in [0, 0.1) is 0 Å². The molecule has 1 aromatic heterocycles. The molecule has 10 nitrogen and oxygen atoms in total. The van der Waals surface area contributed by atoms with Crippen LogP contribution in [-0.2, 0) is 20.9 Å². The number of anilines is 1. The molecule has 37 heavy (non-hydrogen) atoms. The van der Waals surface area contributed by atoms with Crippen LogP contribution in [0.4, 0.5) is 5.69 Å². The highest BCUT2D eigenvalue weighted by atomic mass is 32.1. The predicted octanol–water partition coefficient (Wildman–Crippen LogP) is 3.13. The summed E-state index contributed by atoms with van der Waals surface area (Å²) in [4.78, 5) is 52.1. The zero-order valence-corrected chi connectivity index (χ0v) is 20.7. The average molecular weight is 521 g/mol. The number of hydrazine groups is 1. The van der Waals surface area contributed by atoms with Gasteiger partial charge in [-0.05, 0) is 61.1 Å². The van der Waals surface area contributed by atoms with Gasteiger partial charge in [0.1, 0.15) is 6.04 Å². The topological polar surface area (TPSA) is 121 Å². The minimum absolute atomic E-state index is 0.0293. The first kappa shape index (κ1) is 25.6. The van der Waals surface area contributed by atoms with Gasteiger partial charge in [0, 0.05) is 5.69 Å². The van der Waals surface area contributed by atoms with E-state index in [9.17, 15) is 19.2 Å². The Labute approximate surface area is 218 Å². The van der Waals surface area contributed by atoms with Crippen molar-refractivity contribution in [1.82, 2.24) is 15.3 Å². The van der Waals surface area contributed by atoms with Crippen LogP contribution in [0.5, 0.6) is 0 Å². The van der Waals surface area contributed by atoms with Gasteiger partial charge in [0.05, 0.1) is 31.4 Å². The molecule has 1 atom stereocenters. The minimum atomic E-state index is -1.08. The third-order valence-corrected chi connectivity index (χ3v) is 5.93. The van der Waals surface area contributed by atoms with E-state index in [0.29, 0.717) is 11.3 Å². The fourth-order valence-electron chi connectivity index (χ4n) is 3.73. The van der Waals surface area contributed by atoms with Crippen LogP contribution in [0.1, 0.15) is 39.8 Å². The van der Waals surface area contributed by atoms with Gasteiger partial charge in [0.15, 0.2) is 10.9 Å². The molecule has 1 aliphatic heterocycles. The van der Waals surface area contributed by atoms with Gasteiger partial charge in [-0.1, -0.05) is 30.3 Å². The lowest BCUT2D eigenvalue weighted by atomic mass is 10.1. The summed E-state index contributed by atoms with van der Waals surface area (Å²) in [5, 5.41) is 3.98. The number of hydrogen-bond acceptors (Lipinski definition) is 7. The second-order valence-corrected chi connectivity index (χ2v) is 8.41. The Morgan fingerprint density at radius 2 is 1.76 bits per heavy atom. The van der Waals surface area contributed by atoms with Crippen LogP contribution in [0.3, 0.4) is 0 Å². The number of nitrogens with zero attached hydrogens (tertiary/aromatic N) is 2. The predicted molar refractivity (Wildman–Crippen MR) is 137 cm³/mol. The van der Waals surface area contributed by atoms with Crippen molar-refractivity contribution in [1.29, 1.82) is 0 Å². The van der Waals surface area contributed by atoms with Crippen molar-refractivity contribution < 1.29 is 28.3 Å². The number of rotatable bonds is 9. The van der Waals surface area contributed by atoms with Crippen LogP contribution in [0.15, 0.2) is 77.4 Å². The fraction of sp³-hybridized carbons (Fsp3) is 0.192. The monoisotopic (exact) mass is 520 g/mol. The van der Waals surface area contributed by atoms with E-state index in [1.165, 1.54) is 34.4 Å². The van der Waals surface area contributed by atoms with Gasteiger partial charge in [0.25, 0.3) is 5.91 Å². The van der Waals surface area contributed by atoms with E-state index >= 15 is 0 Å². The van der Waals surface area contributed by atoms with Crippen LogP contribution in [0.2, 0.25) is 0 Å². The minimum Gasteiger partial charge on any atom is -0.462 e. The zero-order valence-electron chi connectivity index (χ0n) is 19.9. The molecule has 3 amide bonds. The van der Waals surface area contributed by atoms with E-state index in [-0.39, 0.29) is 30.4 Å². The van der Waals surface area contributed by atoms with Gasteiger partial charge >= 0.3 is 11.9 Å². The standard InChI is InChI=1S/C26H24N4O6S/c1-2-35-25(34)18-10-12-19(13-11-18)27-22(31)15-20-24(33)29(16-17-7-4-3-5-8-17)26(37)30(20)28-23(32)21-9-6-14-36-21/h3-14,20H,2,15-16H2,1H3,(H,27,31)(H,28,32). The summed E-state index contributed by atoms with van der Waals surface area (Å²) in [6.45, 7) is 2.14. The Bertz CT molecular complexity index is 1290. The molecule has 1 fully saturated rings. The summed E-state index contributed by atoms with van der Waals surface area (Å²) >= 11 is 5.52. The second-order valence-electron chi connectivity index (χ2n) is 8.05. The van der Waals surface area contributed by atoms with Crippen molar-refractivity contribution in [3.05, 3.63) is 89.9 Å². The number of carbonyl (C=O) groups excluding carboxylic acids is 4. The quantitative estimate of drug-likeness (QED) is 0.326. The number of amides is 3. The first-order chi connectivity index (χ1) is 17.9. The first-order valence-corrected chi connectivity index (χ1v) is 11.9. The van der Waals surface area contributed by atoms with Crippen LogP contribution >= 0.6 is 12.2 Å². The molecule has 0 aliphatic carbocycles. The maximum atomic E-state index is 13.4. The summed E-state index contributed by atoms with van der Waals surface area (Å²) in [6, 6.07) is 17.4. The van der Waals surface area contributed by atoms with Crippen molar-refractivity contribution >= 4 is 46.7 Å². The fourth-order valence-corrected chi connectivity index (χ4v) is 4.06. The van der Waals surface area contributed by atoms with Crippen LogP contribution < -0.4 is 10.7 Å². The molecule has 1 unspecified atom stereocenters. The number of furan rings is 1. The van der Waals surface area contributed by atoms with Crippen molar-refractivity contribution in [2.24, 2.45) is 0 Å². The van der Waals surface area contributed by atoms with Gasteiger partial charge in [-0.2, -0.15) is 0 Å². The number of carbonyl (C=O) groups is 4. The lowest BCUT2D eigenvalue weighted by Gasteiger charge is -2.23. The maximum absolute atomic E-state index is 13.4.